The number of amides is 1. The summed E-state index contributed by atoms with van der Waals surface area (Å²) >= 11 is 5.19. The molecule has 1 fully saturated rings. The number of likely N-dealkylation sites (N-methyl/N-ethyl adjacent to an activating group) is 1. The summed E-state index contributed by atoms with van der Waals surface area (Å²) in [6, 6.07) is 12.2. The summed E-state index contributed by atoms with van der Waals surface area (Å²) in [5, 5.41) is 3.26. The zero-order chi connectivity index (χ0) is 20.3. The van der Waals surface area contributed by atoms with E-state index in [0.717, 1.165) is 0 Å². The minimum Gasteiger partial charge on any atom is -0.496 e. The van der Waals surface area contributed by atoms with Gasteiger partial charge in [-0.2, -0.15) is 0 Å². The van der Waals surface area contributed by atoms with Crippen LogP contribution < -0.4 is 14.8 Å². The Bertz CT molecular complexity index is 970. The Morgan fingerprint density at radius 3 is 2.39 bits per heavy atom. The molecule has 1 aliphatic heterocycles. The minimum atomic E-state index is -0.221. The number of carbonyl (C=O) groups excluding carboxylic acids is 2. The van der Waals surface area contributed by atoms with Gasteiger partial charge in [-0.3, -0.25) is 14.5 Å². The van der Waals surface area contributed by atoms with Gasteiger partial charge in [0.1, 0.15) is 17.2 Å². The third-order valence-corrected chi connectivity index (χ3v) is 4.73. The van der Waals surface area contributed by atoms with Gasteiger partial charge in [0.05, 0.1) is 19.8 Å². The Balaban J connectivity index is 2.09. The van der Waals surface area contributed by atoms with Gasteiger partial charge in [0.15, 0.2) is 10.9 Å². The van der Waals surface area contributed by atoms with Gasteiger partial charge < -0.3 is 14.8 Å². The first-order valence-electron chi connectivity index (χ1n) is 8.70. The van der Waals surface area contributed by atoms with Crippen LogP contribution in [0.25, 0.3) is 6.08 Å². The van der Waals surface area contributed by atoms with Gasteiger partial charge in [-0.05, 0) is 31.3 Å². The van der Waals surface area contributed by atoms with Crippen molar-refractivity contribution in [2.24, 2.45) is 0 Å². The fraction of sp³-hybridized carbons (Fsp3) is 0.190. The van der Waals surface area contributed by atoms with Crippen LogP contribution in [-0.2, 0) is 4.79 Å². The fourth-order valence-corrected chi connectivity index (χ4v) is 3.30. The van der Waals surface area contributed by atoms with Crippen LogP contribution in [0, 0.1) is 0 Å². The van der Waals surface area contributed by atoms with E-state index in [1.165, 1.54) is 19.1 Å². The van der Waals surface area contributed by atoms with Gasteiger partial charge in [0.25, 0.3) is 5.91 Å². The molecule has 28 heavy (non-hydrogen) atoms. The van der Waals surface area contributed by atoms with Crippen LogP contribution in [0.3, 0.4) is 0 Å². The summed E-state index contributed by atoms with van der Waals surface area (Å²) in [5.74, 6) is 0.464. The van der Waals surface area contributed by atoms with E-state index in [4.69, 9.17) is 21.7 Å². The van der Waals surface area contributed by atoms with Crippen LogP contribution in [0.5, 0.6) is 11.5 Å². The molecular weight excluding hydrogens is 376 g/mol. The average Bonchev–Trinajstić information content (AvgIpc) is 3.00. The summed E-state index contributed by atoms with van der Waals surface area (Å²) in [4.78, 5) is 26.9. The van der Waals surface area contributed by atoms with E-state index in [-0.39, 0.29) is 11.7 Å². The first-order valence-corrected chi connectivity index (χ1v) is 9.11. The molecule has 0 atom stereocenters. The lowest BCUT2D eigenvalue weighted by molar-refractivity contribution is -0.122. The first-order chi connectivity index (χ1) is 13.5. The van der Waals surface area contributed by atoms with Crippen molar-refractivity contribution in [2.45, 2.75) is 6.92 Å². The number of nitrogens with one attached hydrogen (secondary N) is 1. The molecule has 144 valence electrons. The van der Waals surface area contributed by atoms with Crippen LogP contribution in [0.4, 0.5) is 0 Å². The van der Waals surface area contributed by atoms with Crippen LogP contribution in [0.2, 0.25) is 0 Å². The molecule has 2 aromatic carbocycles. The average molecular weight is 396 g/mol. The summed E-state index contributed by atoms with van der Waals surface area (Å²) in [6.45, 7) is 2.32. The summed E-state index contributed by atoms with van der Waals surface area (Å²) in [7, 11) is 3.01. The van der Waals surface area contributed by atoms with Gasteiger partial charge in [0.2, 0.25) is 0 Å². The molecule has 0 unspecified atom stereocenters. The number of nitrogens with zero attached hydrogens (tertiary/aromatic N) is 1. The lowest BCUT2D eigenvalue weighted by Gasteiger charge is -2.13. The van der Waals surface area contributed by atoms with Crippen LogP contribution >= 0.6 is 12.2 Å². The number of hydrogen-bond acceptors (Lipinski definition) is 5. The molecule has 1 amide bonds. The molecule has 1 aliphatic rings. The van der Waals surface area contributed by atoms with Crippen molar-refractivity contribution < 1.29 is 19.1 Å². The molecule has 1 saturated heterocycles. The molecule has 7 heteroatoms. The monoisotopic (exact) mass is 396 g/mol. The smallest absolute Gasteiger partial charge is 0.276 e. The lowest BCUT2D eigenvalue weighted by atomic mass is 9.99. The maximum atomic E-state index is 13.0. The number of carbonyl (C=O) groups is 2. The summed E-state index contributed by atoms with van der Waals surface area (Å²) in [6.07, 6.45) is 1.63. The van der Waals surface area contributed by atoms with Crippen LogP contribution in [-0.4, -0.2) is 42.5 Å². The molecule has 0 aliphatic carbocycles. The predicted molar refractivity (Wildman–Crippen MR) is 111 cm³/mol. The minimum absolute atomic E-state index is 0.184. The lowest BCUT2D eigenvalue weighted by Crippen LogP contribution is -2.30. The summed E-state index contributed by atoms with van der Waals surface area (Å²) in [5.41, 5.74) is 1.81. The molecule has 1 N–H and O–H groups in total. The maximum absolute atomic E-state index is 13.0. The second kappa shape index (κ2) is 8.22. The Hall–Kier alpha value is -3.19. The number of ketones is 1. The van der Waals surface area contributed by atoms with Crippen molar-refractivity contribution in [3.8, 4) is 11.5 Å². The number of benzene rings is 2. The van der Waals surface area contributed by atoms with Crippen LogP contribution in [0.1, 0.15) is 28.4 Å². The quantitative estimate of drug-likeness (QED) is 0.460. The SMILES string of the molecule is CCN1C(=O)/C(=C/c2cc(C(=O)c3ccccc3)c(OC)cc2OC)NC1=S. The van der Waals surface area contributed by atoms with Crippen molar-refractivity contribution in [1.82, 2.24) is 10.2 Å². The molecule has 2 aromatic rings. The Kier molecular flexibility index (Phi) is 5.75. The maximum Gasteiger partial charge on any atom is 0.276 e. The summed E-state index contributed by atoms with van der Waals surface area (Å²) < 4.78 is 10.8. The van der Waals surface area contributed by atoms with E-state index in [9.17, 15) is 9.59 Å². The molecule has 0 bridgehead atoms. The van der Waals surface area contributed by atoms with Crippen LogP contribution in [0.15, 0.2) is 48.2 Å². The Morgan fingerprint density at radius 1 is 1.14 bits per heavy atom. The zero-order valence-electron chi connectivity index (χ0n) is 15.8. The molecular formula is C21H20N2O4S. The normalized spacial score (nSPS) is 15.0. The molecule has 0 radical (unpaired) electrons. The van der Waals surface area contributed by atoms with Gasteiger partial charge in [-0.15, -0.1) is 0 Å². The second-order valence-electron chi connectivity index (χ2n) is 6.03. The third kappa shape index (κ3) is 3.61. The molecule has 6 nitrogen and oxygen atoms in total. The molecule has 1 heterocycles. The van der Waals surface area contributed by atoms with Crippen molar-refractivity contribution in [3.05, 3.63) is 64.9 Å². The van der Waals surface area contributed by atoms with E-state index in [2.05, 4.69) is 5.32 Å². The van der Waals surface area contributed by atoms with Gasteiger partial charge in [-0.25, -0.2) is 0 Å². The molecule has 0 saturated carbocycles. The predicted octanol–water partition coefficient (Wildman–Crippen LogP) is 3.01. The van der Waals surface area contributed by atoms with E-state index in [0.29, 0.717) is 45.5 Å². The Morgan fingerprint density at radius 2 is 1.82 bits per heavy atom. The van der Waals surface area contributed by atoms with Gasteiger partial charge in [0, 0.05) is 23.7 Å². The number of hydrogen-bond donors (Lipinski definition) is 1. The first kappa shape index (κ1) is 19.6. The fourth-order valence-electron chi connectivity index (χ4n) is 2.97. The van der Waals surface area contributed by atoms with E-state index in [1.807, 2.05) is 13.0 Å². The van der Waals surface area contributed by atoms with E-state index < -0.39 is 0 Å². The van der Waals surface area contributed by atoms with E-state index in [1.54, 1.807) is 42.5 Å². The highest BCUT2D eigenvalue weighted by molar-refractivity contribution is 7.80. The van der Waals surface area contributed by atoms with Gasteiger partial charge in [-0.1, -0.05) is 30.3 Å². The van der Waals surface area contributed by atoms with Crippen molar-refractivity contribution in [2.75, 3.05) is 20.8 Å². The second-order valence-corrected chi connectivity index (χ2v) is 6.41. The molecule has 3 rings (SSSR count). The van der Waals surface area contributed by atoms with Crippen molar-refractivity contribution in [3.63, 3.8) is 0 Å². The third-order valence-electron chi connectivity index (χ3n) is 4.41. The highest BCUT2D eigenvalue weighted by Crippen LogP contribution is 2.32. The number of methoxy groups -OCH3 is 2. The number of rotatable bonds is 6. The van der Waals surface area contributed by atoms with E-state index >= 15 is 0 Å². The standard InChI is InChI=1S/C21H20N2O4S/c1-4-23-20(25)16(22-21(23)28)11-14-10-15(18(27-3)12-17(14)26-2)19(24)13-8-6-5-7-9-13/h5-12H,4H2,1-3H3,(H,22,28)/b16-11-. The number of thiocarbonyl (C=S) groups is 1. The molecule has 0 spiro atoms. The topological polar surface area (TPSA) is 67.9 Å². The van der Waals surface area contributed by atoms with Crippen molar-refractivity contribution >= 4 is 35.1 Å². The largest absolute Gasteiger partial charge is 0.496 e. The Labute approximate surface area is 168 Å². The number of ether oxygens (including phenoxy) is 2. The highest BCUT2D eigenvalue weighted by Gasteiger charge is 2.29. The van der Waals surface area contributed by atoms with Crippen molar-refractivity contribution in [1.29, 1.82) is 0 Å². The highest BCUT2D eigenvalue weighted by atomic mass is 32.1. The molecule has 0 aromatic heterocycles. The van der Waals surface area contributed by atoms with Gasteiger partial charge >= 0.3 is 0 Å². The zero-order valence-corrected chi connectivity index (χ0v) is 16.6.